The molecule has 0 fully saturated rings. The van der Waals surface area contributed by atoms with Gasteiger partial charge in [-0.1, -0.05) is 0 Å². The van der Waals surface area contributed by atoms with Crippen LogP contribution in [-0.4, -0.2) is 42.5 Å². The summed E-state index contributed by atoms with van der Waals surface area (Å²) < 4.78 is 223. The summed E-state index contributed by atoms with van der Waals surface area (Å²) in [6.07, 6.45) is -39.2. The lowest BCUT2D eigenvalue weighted by Gasteiger charge is -2.38. The third kappa shape index (κ3) is 4.33. The van der Waals surface area contributed by atoms with Crippen LogP contribution in [0.2, 0.25) is 0 Å². The van der Waals surface area contributed by atoms with Gasteiger partial charge in [-0.15, -0.1) is 0 Å². The number of hydrogen-bond acceptors (Lipinski definition) is 0. The summed E-state index contributed by atoms with van der Waals surface area (Å²) in [6.45, 7) is 0. The predicted octanol–water partition coefficient (Wildman–Crippen LogP) is 6.44. The fraction of sp³-hybridized carbons (Fsp3) is 0.778. The van der Waals surface area contributed by atoms with Gasteiger partial charge in [0.25, 0.3) is 0 Å². The second-order valence-corrected chi connectivity index (χ2v) is 4.47. The Bertz CT molecular complexity index is 540. The van der Waals surface area contributed by atoms with Crippen LogP contribution in [0.25, 0.3) is 0 Å². The van der Waals surface area contributed by atoms with E-state index in [2.05, 4.69) is 0 Å². The summed E-state index contributed by atoms with van der Waals surface area (Å²) in [5.74, 6) is -8.44. The van der Waals surface area contributed by atoms with E-state index in [0.717, 1.165) is 0 Å². The molecule has 0 nitrogen and oxygen atoms in total. The predicted molar refractivity (Wildman–Crippen MR) is 46.1 cm³/mol. The first kappa shape index (κ1) is 25.5. The maximum atomic E-state index is 13.3. The minimum atomic E-state index is -8.44. The molecule has 0 unspecified atom stereocenters. The summed E-state index contributed by atoms with van der Waals surface area (Å²) in [4.78, 5) is 0. The van der Waals surface area contributed by atoms with Gasteiger partial charge in [0, 0.05) is 0 Å². The molecule has 0 aromatic rings. The molecule has 0 radical (unpaired) electrons. The van der Waals surface area contributed by atoms with Crippen molar-refractivity contribution in [1.82, 2.24) is 0 Å². The Balaban J connectivity index is 7.62. The molecule has 0 spiro atoms. The van der Waals surface area contributed by atoms with E-state index in [9.17, 15) is 79.0 Å². The largest absolute Gasteiger partial charge is 0.438 e. The monoisotopic (exact) mass is 450 g/mol. The van der Waals surface area contributed by atoms with E-state index in [1.165, 1.54) is 0 Å². The van der Waals surface area contributed by atoms with Crippen molar-refractivity contribution in [2.75, 3.05) is 0 Å². The zero-order chi connectivity index (χ0) is 22.7. The maximum absolute atomic E-state index is 13.3. The van der Waals surface area contributed by atoms with Gasteiger partial charge >= 0.3 is 42.5 Å². The van der Waals surface area contributed by atoms with Crippen molar-refractivity contribution in [3.63, 3.8) is 0 Å². The first-order valence-corrected chi connectivity index (χ1v) is 5.40. The van der Waals surface area contributed by atoms with Crippen molar-refractivity contribution in [1.29, 1.82) is 0 Å². The van der Waals surface area contributed by atoms with Crippen LogP contribution in [0.5, 0.6) is 0 Å². The molecule has 0 aromatic carbocycles. The first-order chi connectivity index (χ1) is 11.2. The lowest BCUT2D eigenvalue weighted by molar-refractivity contribution is -0.393. The highest BCUT2D eigenvalue weighted by molar-refractivity contribution is 5.37. The lowest BCUT2D eigenvalue weighted by atomic mass is 9.86. The van der Waals surface area contributed by atoms with Gasteiger partial charge in [0.2, 0.25) is 0 Å². The zero-order valence-corrected chi connectivity index (χ0v) is 11.3. The molecule has 0 heterocycles. The molecule has 18 heteroatoms. The lowest BCUT2D eigenvalue weighted by Crippen LogP contribution is -2.66. The van der Waals surface area contributed by atoms with E-state index in [-0.39, 0.29) is 0 Å². The fourth-order valence-electron chi connectivity index (χ4n) is 1.61. The van der Waals surface area contributed by atoms with Gasteiger partial charge < -0.3 is 0 Å². The molecule has 0 aliphatic heterocycles. The average Bonchev–Trinajstić information content (AvgIpc) is 2.26. The van der Waals surface area contributed by atoms with Gasteiger partial charge in [0.1, 0.15) is 5.57 Å². The molecule has 0 saturated heterocycles. The molecule has 0 atom stereocenters. The molecule has 27 heavy (non-hydrogen) atoms. The summed E-state index contributed by atoms with van der Waals surface area (Å²) in [7, 11) is 0. The number of halogens is 18. The maximum Gasteiger partial charge on any atom is 0.438 e. The third-order valence-corrected chi connectivity index (χ3v) is 2.63. The van der Waals surface area contributed by atoms with Crippen molar-refractivity contribution >= 4 is 0 Å². The van der Waals surface area contributed by atoms with E-state index in [1.54, 1.807) is 0 Å². The minimum absolute atomic E-state index is 5.48. The Hall–Kier alpha value is -1.52. The molecule has 162 valence electrons. The normalized spacial score (nSPS) is 15.8. The van der Waals surface area contributed by atoms with Crippen LogP contribution in [0, 0.1) is 0 Å². The molecule has 0 saturated carbocycles. The zero-order valence-electron chi connectivity index (χ0n) is 11.3. The van der Waals surface area contributed by atoms with Crippen molar-refractivity contribution < 1.29 is 79.0 Å². The molecule has 0 amide bonds. The second kappa shape index (κ2) is 6.25. The fourth-order valence-corrected chi connectivity index (χ4v) is 1.61. The van der Waals surface area contributed by atoms with Crippen LogP contribution < -0.4 is 0 Å². The first-order valence-electron chi connectivity index (χ1n) is 5.40. The van der Waals surface area contributed by atoms with Gasteiger partial charge in [-0.05, 0) is 0 Å². The third-order valence-electron chi connectivity index (χ3n) is 2.63. The molecule has 0 rings (SSSR count). The summed E-state index contributed by atoms with van der Waals surface area (Å²) in [5.41, 5.74) is -19.7. The minimum Gasteiger partial charge on any atom is -0.216 e. The number of alkyl halides is 18. The van der Waals surface area contributed by atoms with Gasteiger partial charge in [-0.2, -0.15) is 74.6 Å². The summed E-state index contributed by atoms with van der Waals surface area (Å²) in [5, 5.41) is 0. The number of rotatable bonds is 2. The van der Waals surface area contributed by atoms with Crippen molar-refractivity contribution in [3.05, 3.63) is 11.1 Å². The molecule has 0 aliphatic rings. The Morgan fingerprint density at radius 1 is 0.333 bits per heavy atom. The molecule has 0 aromatic heterocycles. The molecular formula is C9F18. The van der Waals surface area contributed by atoms with Crippen LogP contribution in [0.1, 0.15) is 0 Å². The van der Waals surface area contributed by atoms with Crippen LogP contribution in [0.4, 0.5) is 79.0 Å². The van der Waals surface area contributed by atoms with Crippen molar-refractivity contribution in [2.24, 2.45) is 0 Å². The van der Waals surface area contributed by atoms with Gasteiger partial charge in [-0.25, -0.2) is 4.39 Å². The highest BCUT2D eigenvalue weighted by Gasteiger charge is 2.87. The van der Waals surface area contributed by atoms with E-state index in [4.69, 9.17) is 0 Å². The summed E-state index contributed by atoms with van der Waals surface area (Å²) >= 11 is 0. The van der Waals surface area contributed by atoms with Crippen LogP contribution in [0.15, 0.2) is 11.1 Å². The SMILES string of the molecule is FC(F)(F)C(=C(C(F)(F)F)C(F)(F)C(F)(C(F)(F)F)C(F)(F)F)C(F)(F)F. The highest BCUT2D eigenvalue weighted by Crippen LogP contribution is 2.61. The second-order valence-electron chi connectivity index (χ2n) is 4.47. The van der Waals surface area contributed by atoms with E-state index < -0.39 is 53.6 Å². The van der Waals surface area contributed by atoms with E-state index in [0.29, 0.717) is 0 Å². The highest BCUT2D eigenvalue weighted by atomic mass is 19.4. The molecular weight excluding hydrogens is 450 g/mol. The molecule has 0 bridgehead atoms. The average molecular weight is 450 g/mol. The number of hydrogen-bond donors (Lipinski definition) is 0. The van der Waals surface area contributed by atoms with E-state index >= 15 is 0 Å². The van der Waals surface area contributed by atoms with E-state index in [1.807, 2.05) is 0 Å². The van der Waals surface area contributed by atoms with Crippen molar-refractivity contribution in [3.8, 4) is 0 Å². The Labute approximate surface area is 134 Å². The number of allylic oxidation sites excluding steroid dienone is 2. The smallest absolute Gasteiger partial charge is 0.216 e. The Morgan fingerprint density at radius 3 is 0.704 bits per heavy atom. The Kier molecular flexibility index (Phi) is 5.90. The Morgan fingerprint density at radius 2 is 0.556 bits per heavy atom. The van der Waals surface area contributed by atoms with Crippen molar-refractivity contribution in [2.45, 2.75) is 42.5 Å². The van der Waals surface area contributed by atoms with Crippen LogP contribution in [0.3, 0.4) is 0 Å². The van der Waals surface area contributed by atoms with Gasteiger partial charge in [0.15, 0.2) is 5.57 Å². The van der Waals surface area contributed by atoms with Crippen LogP contribution >= 0.6 is 0 Å². The van der Waals surface area contributed by atoms with Crippen LogP contribution in [-0.2, 0) is 0 Å². The molecule has 0 aliphatic carbocycles. The topological polar surface area (TPSA) is 0 Å². The standard InChI is InChI=1S/C9F18/c10-3(11,7(21,8(22,23)24)9(25,26)27)1(4(12,13)14)2(5(15,16)17)6(18,19)20. The quantitative estimate of drug-likeness (QED) is 0.336. The van der Waals surface area contributed by atoms with Gasteiger partial charge in [0.05, 0.1) is 0 Å². The summed E-state index contributed by atoms with van der Waals surface area (Å²) in [6, 6.07) is 0. The van der Waals surface area contributed by atoms with Gasteiger partial charge in [-0.3, -0.25) is 0 Å². The molecule has 0 N–H and O–H groups in total.